The molecule has 1 fully saturated rings. The van der Waals surface area contributed by atoms with E-state index < -0.39 is 0 Å². The van der Waals surface area contributed by atoms with Gasteiger partial charge in [0.2, 0.25) is 0 Å². The van der Waals surface area contributed by atoms with Gasteiger partial charge in [-0.1, -0.05) is 24.4 Å². The van der Waals surface area contributed by atoms with Crippen molar-refractivity contribution in [3.8, 4) is 0 Å². The summed E-state index contributed by atoms with van der Waals surface area (Å²) in [4.78, 5) is 1.35. The molecule has 0 saturated heterocycles. The molecule has 1 aromatic rings. The summed E-state index contributed by atoms with van der Waals surface area (Å²) in [5.41, 5.74) is 6.28. The third-order valence-electron chi connectivity index (χ3n) is 3.91. The molecule has 0 radical (unpaired) electrons. The van der Waals surface area contributed by atoms with E-state index in [0.717, 1.165) is 18.0 Å². The van der Waals surface area contributed by atoms with Crippen molar-refractivity contribution in [3.05, 3.63) is 21.3 Å². The Hall–Kier alpha value is -0.0500. The summed E-state index contributed by atoms with van der Waals surface area (Å²) < 4.78 is 0. The molecule has 0 unspecified atom stereocenters. The maximum absolute atomic E-state index is 6.13. The van der Waals surface area contributed by atoms with Crippen LogP contribution in [0.3, 0.4) is 0 Å². The van der Waals surface area contributed by atoms with E-state index in [1.54, 1.807) is 11.3 Å². The molecule has 0 spiro atoms. The molecule has 1 aliphatic rings. The van der Waals surface area contributed by atoms with Crippen LogP contribution in [0.15, 0.2) is 11.4 Å². The maximum Gasteiger partial charge on any atom is 0.0544 e. The number of nitrogens with two attached hydrogens (primary N) is 1. The molecule has 2 N–H and O–H groups in total. The van der Waals surface area contributed by atoms with Crippen molar-refractivity contribution < 1.29 is 0 Å². The van der Waals surface area contributed by atoms with Gasteiger partial charge < -0.3 is 5.73 Å². The van der Waals surface area contributed by atoms with Crippen LogP contribution in [0.25, 0.3) is 0 Å². The van der Waals surface area contributed by atoms with Crippen LogP contribution in [0.2, 0.25) is 5.02 Å². The highest BCUT2D eigenvalue weighted by Gasteiger charge is 2.32. The lowest BCUT2D eigenvalue weighted by Gasteiger charge is -2.28. The van der Waals surface area contributed by atoms with Crippen LogP contribution in [0.4, 0.5) is 0 Å². The fourth-order valence-corrected chi connectivity index (χ4v) is 4.07. The molecule has 90 valence electrons. The lowest BCUT2D eigenvalue weighted by molar-refractivity contribution is 0.254. The Morgan fingerprint density at radius 3 is 2.62 bits per heavy atom. The molecular formula is C13H20ClNS. The zero-order chi connectivity index (χ0) is 11.4. The van der Waals surface area contributed by atoms with Crippen LogP contribution in [0, 0.1) is 5.41 Å². The molecule has 0 bridgehead atoms. The van der Waals surface area contributed by atoms with Crippen molar-refractivity contribution in [2.24, 2.45) is 11.1 Å². The highest BCUT2D eigenvalue weighted by atomic mass is 35.5. The average Bonchev–Trinajstić information content (AvgIpc) is 2.86. The Bertz CT molecular complexity index is 328. The maximum atomic E-state index is 6.13. The van der Waals surface area contributed by atoms with Gasteiger partial charge in [0, 0.05) is 4.88 Å². The third kappa shape index (κ3) is 2.79. The van der Waals surface area contributed by atoms with Crippen molar-refractivity contribution in [2.45, 2.75) is 44.9 Å². The van der Waals surface area contributed by atoms with E-state index in [-0.39, 0.29) is 0 Å². The van der Waals surface area contributed by atoms with Crippen LogP contribution < -0.4 is 5.73 Å². The van der Waals surface area contributed by atoms with Crippen LogP contribution in [-0.2, 0) is 6.42 Å². The summed E-state index contributed by atoms with van der Waals surface area (Å²) in [6.07, 6.45) is 9.10. The summed E-state index contributed by atoms with van der Waals surface area (Å²) >= 11 is 7.92. The second kappa shape index (κ2) is 5.52. The van der Waals surface area contributed by atoms with Crippen LogP contribution >= 0.6 is 22.9 Å². The summed E-state index contributed by atoms with van der Waals surface area (Å²) in [5.74, 6) is 0. The van der Waals surface area contributed by atoms with E-state index in [4.69, 9.17) is 17.3 Å². The lowest BCUT2D eigenvalue weighted by atomic mass is 9.78. The first-order chi connectivity index (χ1) is 7.76. The minimum absolute atomic E-state index is 0.530. The predicted molar refractivity (Wildman–Crippen MR) is 72.2 cm³/mol. The molecule has 1 heterocycles. The van der Waals surface area contributed by atoms with Crippen molar-refractivity contribution in [3.63, 3.8) is 0 Å². The van der Waals surface area contributed by atoms with Gasteiger partial charge >= 0.3 is 0 Å². The van der Waals surface area contributed by atoms with Gasteiger partial charge in [0.05, 0.1) is 5.02 Å². The zero-order valence-corrected chi connectivity index (χ0v) is 11.2. The Morgan fingerprint density at radius 2 is 2.06 bits per heavy atom. The zero-order valence-electron chi connectivity index (χ0n) is 9.68. The van der Waals surface area contributed by atoms with Gasteiger partial charge in [-0.3, -0.25) is 0 Å². The van der Waals surface area contributed by atoms with Gasteiger partial charge in [0.15, 0.2) is 0 Å². The molecule has 2 rings (SSSR count). The lowest BCUT2D eigenvalue weighted by Crippen LogP contribution is -2.21. The van der Waals surface area contributed by atoms with Crippen LogP contribution in [0.1, 0.15) is 43.4 Å². The fourth-order valence-electron chi connectivity index (χ4n) is 2.94. The van der Waals surface area contributed by atoms with Crippen LogP contribution in [-0.4, -0.2) is 6.54 Å². The third-order valence-corrected chi connectivity index (χ3v) is 5.36. The summed E-state index contributed by atoms with van der Waals surface area (Å²) in [6.45, 7) is 0.832. The second-order valence-electron chi connectivity index (χ2n) is 4.94. The Morgan fingerprint density at radius 1 is 1.31 bits per heavy atom. The molecule has 3 heteroatoms. The average molecular weight is 258 g/mol. The van der Waals surface area contributed by atoms with Crippen molar-refractivity contribution in [1.29, 1.82) is 0 Å². The number of thiophene rings is 1. The van der Waals surface area contributed by atoms with Gasteiger partial charge in [0.1, 0.15) is 0 Å². The van der Waals surface area contributed by atoms with Gasteiger partial charge in [0.25, 0.3) is 0 Å². The first kappa shape index (κ1) is 12.4. The number of aryl methyl sites for hydroxylation is 1. The number of hydrogen-bond donors (Lipinski definition) is 1. The van der Waals surface area contributed by atoms with E-state index in [9.17, 15) is 0 Å². The van der Waals surface area contributed by atoms with Crippen LogP contribution in [0.5, 0.6) is 0 Å². The second-order valence-corrected chi connectivity index (χ2v) is 6.35. The highest BCUT2D eigenvalue weighted by molar-refractivity contribution is 7.10. The molecular weight excluding hydrogens is 238 g/mol. The van der Waals surface area contributed by atoms with Gasteiger partial charge in [-0.2, -0.15) is 0 Å². The minimum atomic E-state index is 0.530. The Kier molecular flexibility index (Phi) is 4.28. The quantitative estimate of drug-likeness (QED) is 0.839. The fraction of sp³-hybridized carbons (Fsp3) is 0.692. The summed E-state index contributed by atoms with van der Waals surface area (Å²) in [5, 5.41) is 3.04. The minimum Gasteiger partial charge on any atom is -0.330 e. The summed E-state index contributed by atoms with van der Waals surface area (Å²) in [6, 6.07) is 2.01. The molecule has 1 nitrogen and oxygen atoms in total. The molecule has 0 atom stereocenters. The first-order valence-corrected chi connectivity index (χ1v) is 7.43. The SMILES string of the molecule is NCCC1(CCc2sccc2Cl)CCCC1. The number of hydrogen-bond acceptors (Lipinski definition) is 2. The molecule has 0 amide bonds. The van der Waals surface area contributed by atoms with Gasteiger partial charge in [-0.15, -0.1) is 11.3 Å². The Labute approximate surface area is 107 Å². The van der Waals surface area contributed by atoms with E-state index in [1.807, 2.05) is 6.07 Å². The smallest absolute Gasteiger partial charge is 0.0544 e. The van der Waals surface area contributed by atoms with Gasteiger partial charge in [-0.05, 0) is 55.5 Å². The van der Waals surface area contributed by atoms with E-state index in [0.29, 0.717) is 5.41 Å². The number of halogens is 1. The standard InChI is InChI=1S/C13H20ClNS/c14-11-4-10-16-12(11)3-7-13(8-9-15)5-1-2-6-13/h4,10H,1-3,5-9,15H2. The van der Waals surface area contributed by atoms with Crippen molar-refractivity contribution in [2.75, 3.05) is 6.54 Å². The van der Waals surface area contributed by atoms with E-state index in [2.05, 4.69) is 5.38 Å². The normalized spacial score (nSPS) is 19.1. The molecule has 1 saturated carbocycles. The molecule has 0 aromatic carbocycles. The highest BCUT2D eigenvalue weighted by Crippen LogP contribution is 2.45. The topological polar surface area (TPSA) is 26.0 Å². The predicted octanol–water partition coefficient (Wildman–Crippen LogP) is 4.24. The first-order valence-electron chi connectivity index (χ1n) is 6.18. The van der Waals surface area contributed by atoms with Gasteiger partial charge in [-0.25, -0.2) is 0 Å². The molecule has 0 aliphatic heterocycles. The molecule has 1 aromatic heterocycles. The van der Waals surface area contributed by atoms with E-state index >= 15 is 0 Å². The number of rotatable bonds is 5. The van der Waals surface area contributed by atoms with Crippen molar-refractivity contribution >= 4 is 22.9 Å². The monoisotopic (exact) mass is 257 g/mol. The van der Waals surface area contributed by atoms with Crippen molar-refractivity contribution in [1.82, 2.24) is 0 Å². The summed E-state index contributed by atoms with van der Waals surface area (Å²) in [7, 11) is 0. The Balaban J connectivity index is 1.94. The van der Waals surface area contributed by atoms with E-state index in [1.165, 1.54) is 43.4 Å². The molecule has 16 heavy (non-hydrogen) atoms. The molecule has 1 aliphatic carbocycles. The largest absolute Gasteiger partial charge is 0.330 e.